The molecule has 0 N–H and O–H groups in total. The molecule has 214 valence electrons. The molecule has 0 atom stereocenters. The van der Waals surface area contributed by atoms with Gasteiger partial charge in [0.25, 0.3) is 0 Å². The van der Waals surface area contributed by atoms with Gasteiger partial charge in [-0.3, -0.25) is 9.83 Å². The summed E-state index contributed by atoms with van der Waals surface area (Å²) in [5.41, 5.74) is 2.56. The minimum atomic E-state index is -5.00. The fraction of sp³-hybridized carbons (Fsp3) is 0.167. The SMILES string of the molecule is COc1ccc(C(C)(C)c2ccc(Oc3ccc(C(=O)c4ccc(C)c(SOO[O-])c4)cc3S(=O)(=O)[O-])cc2)cc1.[Na+].[Na+]. The Morgan fingerprint density at radius 1 is 0.814 bits per heavy atom. The summed E-state index contributed by atoms with van der Waals surface area (Å²) in [6.45, 7) is 5.89. The summed E-state index contributed by atoms with van der Waals surface area (Å²) >= 11 is 0.629. The van der Waals surface area contributed by atoms with E-state index in [1.807, 2.05) is 36.4 Å². The summed E-state index contributed by atoms with van der Waals surface area (Å²) in [5, 5.41) is 13.5. The number of ketones is 1. The zero-order valence-electron chi connectivity index (χ0n) is 24.6. The number of rotatable bonds is 11. The third kappa shape index (κ3) is 9.16. The molecule has 0 spiro atoms. The fourth-order valence-corrected chi connectivity index (χ4v) is 5.32. The first-order valence-electron chi connectivity index (χ1n) is 12.3. The van der Waals surface area contributed by atoms with Crippen molar-refractivity contribution in [2.75, 3.05) is 7.11 Å². The van der Waals surface area contributed by atoms with Gasteiger partial charge < -0.3 is 19.3 Å². The number of ether oxygens (including phenoxy) is 2. The van der Waals surface area contributed by atoms with Crippen molar-refractivity contribution >= 4 is 27.9 Å². The first kappa shape index (κ1) is 37.5. The second kappa shape index (κ2) is 16.0. The predicted octanol–water partition coefficient (Wildman–Crippen LogP) is -0.504. The normalized spacial score (nSPS) is 11.2. The van der Waals surface area contributed by atoms with Crippen LogP contribution in [0.25, 0.3) is 0 Å². The Bertz CT molecular complexity index is 1660. The minimum absolute atomic E-state index is 0. The van der Waals surface area contributed by atoms with Crippen LogP contribution in [0.3, 0.4) is 0 Å². The van der Waals surface area contributed by atoms with Crippen molar-refractivity contribution < 1.29 is 101 Å². The number of hydrogen-bond acceptors (Lipinski definition) is 10. The van der Waals surface area contributed by atoms with Crippen LogP contribution >= 0.6 is 12.0 Å². The first-order valence-corrected chi connectivity index (χ1v) is 14.4. The van der Waals surface area contributed by atoms with Crippen molar-refractivity contribution in [2.45, 2.75) is 36.0 Å². The van der Waals surface area contributed by atoms with Crippen LogP contribution in [0.5, 0.6) is 17.2 Å². The van der Waals surface area contributed by atoms with Crippen molar-refractivity contribution in [1.82, 2.24) is 0 Å². The Morgan fingerprint density at radius 3 is 1.88 bits per heavy atom. The third-order valence-corrected chi connectivity index (χ3v) is 8.29. The minimum Gasteiger partial charge on any atom is -0.744 e. The molecule has 0 amide bonds. The molecule has 0 aliphatic carbocycles. The van der Waals surface area contributed by atoms with E-state index in [1.165, 1.54) is 24.3 Å². The number of aryl methyl sites for hydroxylation is 1. The molecule has 0 saturated heterocycles. The molecule has 9 nitrogen and oxygen atoms in total. The molecule has 0 aliphatic heterocycles. The van der Waals surface area contributed by atoms with E-state index in [-0.39, 0.29) is 81.4 Å². The van der Waals surface area contributed by atoms with Gasteiger partial charge in [-0.05, 0) is 72.1 Å². The maximum Gasteiger partial charge on any atom is 1.00 e. The van der Waals surface area contributed by atoms with Crippen molar-refractivity contribution in [2.24, 2.45) is 0 Å². The summed E-state index contributed by atoms with van der Waals surface area (Å²) in [5.74, 6) is 0.314. The van der Waals surface area contributed by atoms with Gasteiger partial charge in [0, 0.05) is 21.4 Å². The number of carbonyl (C=O) groups is 1. The smallest absolute Gasteiger partial charge is 0.744 e. The maximum absolute atomic E-state index is 13.1. The van der Waals surface area contributed by atoms with Gasteiger partial charge in [-0.2, -0.15) is 4.33 Å². The largest absolute Gasteiger partial charge is 1.00 e. The van der Waals surface area contributed by atoms with Gasteiger partial charge in [0.1, 0.15) is 27.4 Å². The molecule has 0 unspecified atom stereocenters. The molecule has 0 heterocycles. The van der Waals surface area contributed by atoms with Crippen molar-refractivity contribution in [3.63, 3.8) is 0 Å². The number of carbonyl (C=O) groups excluding carboxylic acids is 1. The topological polar surface area (TPSA) is 134 Å². The Kier molecular flexibility index (Phi) is 14.0. The zero-order valence-corrected chi connectivity index (χ0v) is 30.2. The standard InChI is InChI=1S/C30H28O9S2.2Na/c1-19-5-6-20(17-27(19)40-39-38-32)29(31)21-7-16-26(28(18-21)41(33,34)35)37-25-14-10-23(11-15-25)30(2,3)22-8-12-24(36-4)13-9-22;;/h5-18,32H,1-4H3,(H,33,34,35);;/q;2*+1/p-2. The van der Waals surface area contributed by atoms with E-state index in [0.717, 1.165) is 22.9 Å². The van der Waals surface area contributed by atoms with Gasteiger partial charge in [0.05, 0.1) is 24.0 Å². The molecule has 0 saturated carbocycles. The predicted molar refractivity (Wildman–Crippen MR) is 149 cm³/mol. The Hall–Kier alpha value is -1.71. The summed E-state index contributed by atoms with van der Waals surface area (Å²) in [6.07, 6.45) is 0. The van der Waals surface area contributed by atoms with E-state index in [4.69, 9.17) is 9.47 Å². The molecule has 4 aromatic carbocycles. The van der Waals surface area contributed by atoms with Crippen LogP contribution in [0.15, 0.2) is 94.7 Å². The zero-order chi connectivity index (χ0) is 29.8. The molecule has 0 aromatic heterocycles. The van der Waals surface area contributed by atoms with Crippen LogP contribution in [0.1, 0.15) is 46.5 Å². The Balaban J connectivity index is 0.00000323. The molecular formula is C30H26Na2O9S2. The molecule has 4 rings (SSSR count). The molecule has 13 heteroatoms. The van der Waals surface area contributed by atoms with E-state index in [2.05, 4.69) is 23.2 Å². The van der Waals surface area contributed by atoms with E-state index in [0.29, 0.717) is 28.3 Å². The van der Waals surface area contributed by atoms with Crippen LogP contribution in [0.4, 0.5) is 0 Å². The van der Waals surface area contributed by atoms with Crippen LogP contribution in [0, 0.1) is 6.92 Å². The monoisotopic (exact) mass is 640 g/mol. The third-order valence-electron chi connectivity index (χ3n) is 6.69. The van der Waals surface area contributed by atoms with Gasteiger partial charge in [-0.25, -0.2) is 8.42 Å². The van der Waals surface area contributed by atoms with E-state index in [1.54, 1.807) is 32.2 Å². The fourth-order valence-electron chi connectivity index (χ4n) is 4.22. The maximum atomic E-state index is 13.1. The Morgan fingerprint density at radius 2 is 1.35 bits per heavy atom. The van der Waals surface area contributed by atoms with Gasteiger partial charge in [0.15, 0.2) is 5.78 Å². The summed E-state index contributed by atoms with van der Waals surface area (Å²) < 4.78 is 51.8. The van der Waals surface area contributed by atoms with Gasteiger partial charge >= 0.3 is 59.1 Å². The molecule has 0 radical (unpaired) electrons. The molecule has 4 aromatic rings. The van der Waals surface area contributed by atoms with Crippen LogP contribution in [-0.4, -0.2) is 25.9 Å². The van der Waals surface area contributed by atoms with Gasteiger partial charge in [-0.1, -0.05) is 50.2 Å². The molecule has 43 heavy (non-hydrogen) atoms. The van der Waals surface area contributed by atoms with Crippen LogP contribution in [0.2, 0.25) is 0 Å². The molecule has 0 aliphatic rings. The quantitative estimate of drug-likeness (QED) is 0.0528. The molecular weight excluding hydrogens is 614 g/mol. The van der Waals surface area contributed by atoms with Crippen LogP contribution in [-0.2, 0) is 24.9 Å². The van der Waals surface area contributed by atoms with Gasteiger partial charge in [-0.15, -0.1) is 0 Å². The van der Waals surface area contributed by atoms with Gasteiger partial charge in [0.2, 0.25) is 0 Å². The summed E-state index contributed by atoms with van der Waals surface area (Å²) in [6, 6.07) is 23.1. The molecule has 0 fully saturated rings. The Labute approximate surface area is 299 Å². The van der Waals surface area contributed by atoms with Crippen LogP contribution < -0.4 is 73.8 Å². The number of methoxy groups -OCH3 is 1. The summed E-state index contributed by atoms with van der Waals surface area (Å²) in [7, 11) is -3.40. The number of benzene rings is 4. The van der Waals surface area contributed by atoms with E-state index < -0.39 is 20.8 Å². The van der Waals surface area contributed by atoms with Crippen molar-refractivity contribution in [3.8, 4) is 17.2 Å². The van der Waals surface area contributed by atoms with E-state index >= 15 is 0 Å². The van der Waals surface area contributed by atoms with Crippen molar-refractivity contribution in [3.05, 3.63) is 113 Å². The number of hydrogen-bond donors (Lipinski definition) is 0. The average molecular weight is 641 g/mol. The molecule has 0 bridgehead atoms. The second-order valence-corrected chi connectivity index (χ2v) is 11.7. The average Bonchev–Trinajstić information content (AvgIpc) is 2.96. The first-order chi connectivity index (χ1) is 19.4. The second-order valence-electron chi connectivity index (χ2n) is 9.62. The summed E-state index contributed by atoms with van der Waals surface area (Å²) in [4.78, 5) is 12.9. The van der Waals surface area contributed by atoms with E-state index in [9.17, 15) is 23.0 Å². The van der Waals surface area contributed by atoms with Crippen molar-refractivity contribution in [1.29, 1.82) is 0 Å².